The van der Waals surface area contributed by atoms with Crippen LogP contribution in [0.3, 0.4) is 0 Å². The number of benzene rings is 1. The maximum atomic E-state index is 13.0. The second-order valence-electron chi connectivity index (χ2n) is 8.09. The second-order valence-corrected chi connectivity index (χ2v) is 11.2. The third kappa shape index (κ3) is 4.37. The molecule has 8 nitrogen and oxygen atoms in total. The molecule has 164 valence electrons. The molecule has 10 heteroatoms. The second kappa shape index (κ2) is 8.86. The quantitative estimate of drug-likeness (QED) is 0.698. The van der Waals surface area contributed by atoms with Crippen molar-refractivity contribution in [1.29, 1.82) is 0 Å². The maximum Gasteiger partial charge on any atom is 0.247 e. The van der Waals surface area contributed by atoms with Gasteiger partial charge in [0.1, 0.15) is 0 Å². The first kappa shape index (κ1) is 21.6. The molecule has 1 N–H and O–H groups in total. The third-order valence-electron chi connectivity index (χ3n) is 5.93. The average Bonchev–Trinajstić information content (AvgIpc) is 3.02. The summed E-state index contributed by atoms with van der Waals surface area (Å²) in [6, 6.07) is 4.79. The van der Waals surface area contributed by atoms with E-state index in [1.54, 1.807) is 17.0 Å². The molecule has 2 fully saturated rings. The number of likely N-dealkylation sites (N-methyl/N-ethyl adjacent to an activating group) is 1. The lowest BCUT2D eigenvalue weighted by Gasteiger charge is -2.32. The lowest BCUT2D eigenvalue weighted by Crippen LogP contribution is -2.47. The molecule has 1 aromatic carbocycles. The first-order chi connectivity index (χ1) is 14.4. The number of piperazine rings is 1. The van der Waals surface area contributed by atoms with Gasteiger partial charge in [0.2, 0.25) is 21.8 Å². The van der Waals surface area contributed by atoms with Gasteiger partial charge in [-0.25, -0.2) is 8.42 Å². The third-order valence-corrected chi connectivity index (χ3v) is 9.09. The summed E-state index contributed by atoms with van der Waals surface area (Å²) in [5, 5.41) is 1.95. The van der Waals surface area contributed by atoms with Gasteiger partial charge in [-0.05, 0) is 38.1 Å². The Kier molecular flexibility index (Phi) is 6.38. The normalized spacial score (nSPS) is 24.1. The smallest absolute Gasteiger partial charge is 0.247 e. The van der Waals surface area contributed by atoms with Crippen LogP contribution in [-0.2, 0) is 19.6 Å². The van der Waals surface area contributed by atoms with Crippen molar-refractivity contribution >= 4 is 39.3 Å². The fraction of sp³-hybridized carbons (Fsp3) is 0.600. The molecule has 0 radical (unpaired) electrons. The summed E-state index contributed by atoms with van der Waals surface area (Å²) in [7, 11) is -1.65. The number of fused-ring (bicyclic) bond motifs is 1. The Balaban J connectivity index is 1.51. The van der Waals surface area contributed by atoms with Gasteiger partial charge in [-0.15, -0.1) is 11.8 Å². The molecule has 3 heterocycles. The molecule has 4 rings (SSSR count). The Morgan fingerprint density at radius 1 is 1.03 bits per heavy atom. The standard InChI is InChI=1S/C20H28N4O4S2/c1-22-10-12-24(13-11-22)30(27,28)15-6-7-17-16(14-15)21-19(25)18(29-17)20(26)23-8-4-2-3-5-9-23/h6-7,14,18H,2-5,8-13H2,1H3,(H,21,25)/t18-/m0/s1. The number of hydrogen-bond donors (Lipinski definition) is 1. The topological polar surface area (TPSA) is 90.0 Å². The van der Waals surface area contributed by atoms with Crippen molar-refractivity contribution in [2.45, 2.75) is 40.7 Å². The minimum absolute atomic E-state index is 0.154. The van der Waals surface area contributed by atoms with Gasteiger partial charge in [0.25, 0.3) is 0 Å². The minimum Gasteiger partial charge on any atom is -0.341 e. The van der Waals surface area contributed by atoms with Gasteiger partial charge in [0.05, 0.1) is 10.6 Å². The van der Waals surface area contributed by atoms with Gasteiger partial charge in [-0.2, -0.15) is 4.31 Å². The van der Waals surface area contributed by atoms with Crippen molar-refractivity contribution in [3.63, 3.8) is 0 Å². The van der Waals surface area contributed by atoms with Crippen LogP contribution in [0.5, 0.6) is 0 Å². The molecule has 0 unspecified atom stereocenters. The average molecular weight is 453 g/mol. The number of likely N-dealkylation sites (tertiary alicyclic amines) is 1. The van der Waals surface area contributed by atoms with Crippen LogP contribution in [-0.4, -0.2) is 85.9 Å². The highest BCUT2D eigenvalue weighted by molar-refractivity contribution is 8.01. The van der Waals surface area contributed by atoms with Crippen LogP contribution in [0.4, 0.5) is 5.69 Å². The van der Waals surface area contributed by atoms with Crippen LogP contribution in [0.1, 0.15) is 25.7 Å². The van der Waals surface area contributed by atoms with Crippen molar-refractivity contribution in [2.75, 3.05) is 51.6 Å². The van der Waals surface area contributed by atoms with Crippen molar-refractivity contribution in [2.24, 2.45) is 0 Å². The van der Waals surface area contributed by atoms with E-state index in [9.17, 15) is 18.0 Å². The first-order valence-electron chi connectivity index (χ1n) is 10.5. The highest BCUT2D eigenvalue weighted by Crippen LogP contribution is 2.38. The van der Waals surface area contributed by atoms with E-state index < -0.39 is 15.3 Å². The molecule has 2 saturated heterocycles. The number of rotatable bonds is 3. The molecule has 30 heavy (non-hydrogen) atoms. The van der Waals surface area contributed by atoms with E-state index >= 15 is 0 Å². The summed E-state index contributed by atoms with van der Waals surface area (Å²) in [6.07, 6.45) is 4.16. The highest BCUT2D eigenvalue weighted by Gasteiger charge is 2.37. The summed E-state index contributed by atoms with van der Waals surface area (Å²) < 4.78 is 27.5. The molecule has 1 atom stereocenters. The van der Waals surface area contributed by atoms with E-state index in [1.165, 1.54) is 22.1 Å². The summed E-state index contributed by atoms with van der Waals surface area (Å²) in [5.74, 6) is -0.532. The van der Waals surface area contributed by atoms with Gasteiger partial charge in [0, 0.05) is 44.2 Å². The number of amides is 2. The Labute approximate surface area is 182 Å². The SMILES string of the molecule is CN1CCN(S(=O)(=O)c2ccc3c(c2)NC(=O)[C@@H](C(=O)N2CCCCCC2)S3)CC1. The summed E-state index contributed by atoms with van der Waals surface area (Å²) in [6.45, 7) is 3.66. The molecule has 0 aromatic heterocycles. The number of sulfonamides is 1. The maximum absolute atomic E-state index is 13.0. The lowest BCUT2D eigenvalue weighted by atomic mass is 10.2. The van der Waals surface area contributed by atoms with Crippen molar-refractivity contribution in [3.8, 4) is 0 Å². The molecule has 0 spiro atoms. The Morgan fingerprint density at radius 2 is 1.70 bits per heavy atom. The van der Waals surface area contributed by atoms with Gasteiger partial charge in [-0.3, -0.25) is 9.59 Å². The van der Waals surface area contributed by atoms with Gasteiger partial charge in [0.15, 0.2) is 5.25 Å². The van der Waals surface area contributed by atoms with Crippen LogP contribution in [0.2, 0.25) is 0 Å². The van der Waals surface area contributed by atoms with E-state index in [0.717, 1.165) is 30.6 Å². The van der Waals surface area contributed by atoms with Crippen LogP contribution in [0.15, 0.2) is 28.0 Å². The van der Waals surface area contributed by atoms with Crippen LogP contribution >= 0.6 is 11.8 Å². The fourth-order valence-corrected chi connectivity index (χ4v) is 6.55. The predicted molar refractivity (Wildman–Crippen MR) is 116 cm³/mol. The van der Waals surface area contributed by atoms with E-state index in [4.69, 9.17) is 0 Å². The number of nitrogens with one attached hydrogen (secondary N) is 1. The number of hydrogen-bond acceptors (Lipinski definition) is 6. The molecule has 3 aliphatic heterocycles. The molecular weight excluding hydrogens is 424 g/mol. The summed E-state index contributed by atoms with van der Waals surface area (Å²) >= 11 is 1.21. The zero-order valence-corrected chi connectivity index (χ0v) is 18.8. The number of carbonyl (C=O) groups is 2. The van der Waals surface area contributed by atoms with Crippen LogP contribution < -0.4 is 5.32 Å². The Hall–Kier alpha value is -1.62. The molecule has 2 amide bonds. The Bertz CT molecular complexity index is 921. The summed E-state index contributed by atoms with van der Waals surface area (Å²) in [4.78, 5) is 30.4. The number of carbonyl (C=O) groups excluding carboxylic acids is 2. The molecule has 3 aliphatic rings. The zero-order valence-electron chi connectivity index (χ0n) is 17.2. The molecular formula is C20H28N4O4S2. The zero-order chi connectivity index (χ0) is 21.3. The minimum atomic E-state index is -3.62. The first-order valence-corrected chi connectivity index (χ1v) is 12.8. The highest BCUT2D eigenvalue weighted by atomic mass is 32.2. The number of thioether (sulfide) groups is 1. The molecule has 0 saturated carbocycles. The van der Waals surface area contributed by atoms with Gasteiger partial charge in [-0.1, -0.05) is 12.8 Å². The Morgan fingerprint density at radius 3 is 2.37 bits per heavy atom. The predicted octanol–water partition coefficient (Wildman–Crippen LogP) is 1.44. The molecule has 1 aromatic rings. The monoisotopic (exact) mass is 452 g/mol. The summed E-state index contributed by atoms with van der Waals surface area (Å²) in [5.41, 5.74) is 0.458. The molecule has 0 aliphatic carbocycles. The van der Waals surface area contributed by atoms with Gasteiger partial charge < -0.3 is 15.1 Å². The van der Waals surface area contributed by atoms with E-state index in [0.29, 0.717) is 45.0 Å². The number of nitrogens with zero attached hydrogens (tertiary/aromatic N) is 3. The molecule has 0 bridgehead atoms. The van der Waals surface area contributed by atoms with Crippen molar-refractivity contribution in [1.82, 2.24) is 14.1 Å². The van der Waals surface area contributed by atoms with Crippen molar-refractivity contribution in [3.05, 3.63) is 18.2 Å². The van der Waals surface area contributed by atoms with E-state index in [2.05, 4.69) is 10.2 Å². The van der Waals surface area contributed by atoms with E-state index in [1.807, 2.05) is 7.05 Å². The lowest BCUT2D eigenvalue weighted by molar-refractivity contribution is -0.133. The largest absolute Gasteiger partial charge is 0.341 e. The van der Waals surface area contributed by atoms with Crippen LogP contribution in [0, 0.1) is 0 Å². The number of anilines is 1. The van der Waals surface area contributed by atoms with Gasteiger partial charge >= 0.3 is 0 Å². The van der Waals surface area contributed by atoms with E-state index in [-0.39, 0.29) is 16.7 Å². The fourth-order valence-electron chi connectivity index (χ4n) is 4.05. The van der Waals surface area contributed by atoms with Crippen LogP contribution in [0.25, 0.3) is 0 Å². The van der Waals surface area contributed by atoms with Crippen molar-refractivity contribution < 1.29 is 18.0 Å².